The van der Waals surface area contributed by atoms with Crippen molar-refractivity contribution in [3.8, 4) is 11.3 Å². The number of benzene rings is 1. The fourth-order valence-electron chi connectivity index (χ4n) is 3.51. The first-order chi connectivity index (χ1) is 13.8. The smallest absolute Gasteiger partial charge is 0.242 e. The number of carbonyl (C=O) groups excluding carboxylic acids is 2. The van der Waals surface area contributed by atoms with E-state index in [1.165, 1.54) is 17.2 Å². The summed E-state index contributed by atoms with van der Waals surface area (Å²) in [7, 11) is 0. The average molecular weight is 403 g/mol. The third-order valence-electron chi connectivity index (χ3n) is 4.86. The third-order valence-corrected chi connectivity index (χ3v) is 4.86. The molecule has 7 nitrogen and oxygen atoms in total. The largest absolute Gasteiger partial charge is 0.389 e. The summed E-state index contributed by atoms with van der Waals surface area (Å²) in [5.74, 6) is -0.552. The summed E-state index contributed by atoms with van der Waals surface area (Å²) in [4.78, 5) is 28.2. The van der Waals surface area contributed by atoms with Gasteiger partial charge in [0.2, 0.25) is 11.8 Å². The van der Waals surface area contributed by atoms with Crippen molar-refractivity contribution in [1.29, 1.82) is 0 Å². The fraction of sp³-hybridized carbons (Fsp3) is 0.476. The van der Waals surface area contributed by atoms with Crippen molar-refractivity contribution in [3.05, 3.63) is 41.9 Å². The van der Waals surface area contributed by atoms with Gasteiger partial charge < -0.3 is 19.4 Å². The predicted octanol–water partition coefficient (Wildman–Crippen LogP) is 2.10. The molecule has 1 unspecified atom stereocenters. The van der Waals surface area contributed by atoms with Crippen LogP contribution in [0.5, 0.6) is 0 Å². The zero-order valence-electron chi connectivity index (χ0n) is 16.7. The van der Waals surface area contributed by atoms with Gasteiger partial charge in [-0.15, -0.1) is 0 Å². The van der Waals surface area contributed by atoms with Crippen LogP contribution in [0.4, 0.5) is 4.39 Å². The monoisotopic (exact) mass is 403 g/mol. The Kier molecular flexibility index (Phi) is 6.64. The number of carbonyl (C=O) groups is 2. The van der Waals surface area contributed by atoms with E-state index in [0.717, 1.165) is 0 Å². The van der Waals surface area contributed by atoms with Crippen molar-refractivity contribution in [3.63, 3.8) is 0 Å². The number of nitrogens with zero attached hydrogens (tertiary/aromatic N) is 3. The number of halogens is 1. The van der Waals surface area contributed by atoms with Crippen LogP contribution in [-0.2, 0) is 16.0 Å². The van der Waals surface area contributed by atoms with E-state index in [2.05, 4.69) is 5.16 Å². The Hall–Kier alpha value is -2.74. The molecule has 1 aromatic heterocycles. The SMILES string of the molecule is CC(C)CN1CC(O)CN(C(=O)CCc2conc2-c2ccccc2F)CC1=O. The van der Waals surface area contributed by atoms with E-state index < -0.39 is 11.9 Å². The third kappa shape index (κ3) is 5.20. The Labute approximate surface area is 169 Å². The van der Waals surface area contributed by atoms with Crippen LogP contribution in [-0.4, -0.2) is 64.2 Å². The van der Waals surface area contributed by atoms with Crippen LogP contribution in [0.3, 0.4) is 0 Å². The molecule has 0 radical (unpaired) electrons. The average Bonchev–Trinajstić information content (AvgIpc) is 3.07. The molecule has 3 rings (SSSR count). The molecule has 0 aliphatic carbocycles. The molecule has 0 saturated carbocycles. The lowest BCUT2D eigenvalue weighted by Crippen LogP contribution is -2.40. The van der Waals surface area contributed by atoms with Gasteiger partial charge in [0, 0.05) is 37.2 Å². The van der Waals surface area contributed by atoms with Gasteiger partial charge in [-0.25, -0.2) is 4.39 Å². The van der Waals surface area contributed by atoms with Gasteiger partial charge in [-0.3, -0.25) is 9.59 Å². The molecule has 1 aliphatic heterocycles. The number of rotatable bonds is 6. The second-order valence-corrected chi connectivity index (χ2v) is 7.79. The van der Waals surface area contributed by atoms with Crippen molar-refractivity contribution in [1.82, 2.24) is 15.0 Å². The van der Waals surface area contributed by atoms with E-state index in [1.807, 2.05) is 13.8 Å². The second-order valence-electron chi connectivity index (χ2n) is 7.79. The highest BCUT2D eigenvalue weighted by molar-refractivity contribution is 5.85. The van der Waals surface area contributed by atoms with Crippen molar-refractivity contribution in [2.24, 2.45) is 5.92 Å². The van der Waals surface area contributed by atoms with Gasteiger partial charge in [-0.1, -0.05) is 31.1 Å². The summed E-state index contributed by atoms with van der Waals surface area (Å²) >= 11 is 0. The van der Waals surface area contributed by atoms with Crippen LogP contribution in [0, 0.1) is 11.7 Å². The molecule has 1 atom stereocenters. The standard InChI is InChI=1S/C21H26FN3O4/c1-14(2)9-24-10-16(26)11-25(12-20(24)28)19(27)8-7-15-13-29-23-21(15)17-5-3-4-6-18(17)22/h3-6,13-14,16,26H,7-12H2,1-2H3. The highest BCUT2D eigenvalue weighted by atomic mass is 19.1. The zero-order valence-corrected chi connectivity index (χ0v) is 16.7. The number of β-amino-alcohol motifs (C(OH)–C–C–N with tert-alkyl or cyclic N) is 1. The van der Waals surface area contributed by atoms with Gasteiger partial charge in [0.05, 0.1) is 12.6 Å². The summed E-state index contributed by atoms with van der Waals surface area (Å²) in [6.07, 6.45) is 1.02. The normalized spacial score (nSPS) is 17.7. The Morgan fingerprint density at radius 3 is 2.83 bits per heavy atom. The summed E-state index contributed by atoms with van der Waals surface area (Å²) in [6.45, 7) is 4.84. The number of aliphatic hydroxyl groups excluding tert-OH is 1. The van der Waals surface area contributed by atoms with Gasteiger partial charge in [0.25, 0.3) is 0 Å². The minimum atomic E-state index is -0.784. The van der Waals surface area contributed by atoms with E-state index in [-0.39, 0.29) is 43.8 Å². The van der Waals surface area contributed by atoms with E-state index >= 15 is 0 Å². The Morgan fingerprint density at radius 1 is 1.34 bits per heavy atom. The van der Waals surface area contributed by atoms with Crippen LogP contribution >= 0.6 is 0 Å². The fourth-order valence-corrected chi connectivity index (χ4v) is 3.51. The van der Waals surface area contributed by atoms with E-state index in [0.29, 0.717) is 29.8 Å². The van der Waals surface area contributed by atoms with E-state index in [1.54, 1.807) is 23.1 Å². The van der Waals surface area contributed by atoms with E-state index in [9.17, 15) is 19.1 Å². The first-order valence-electron chi connectivity index (χ1n) is 9.77. The molecule has 1 aliphatic rings. The molecule has 156 valence electrons. The molecule has 1 fully saturated rings. The van der Waals surface area contributed by atoms with Crippen molar-refractivity contribution < 1.29 is 23.6 Å². The maximum atomic E-state index is 14.1. The maximum absolute atomic E-state index is 14.1. The number of amides is 2. The van der Waals surface area contributed by atoms with Crippen LogP contribution in [0.25, 0.3) is 11.3 Å². The van der Waals surface area contributed by atoms with E-state index in [4.69, 9.17) is 4.52 Å². The van der Waals surface area contributed by atoms with Gasteiger partial charge in [0.1, 0.15) is 17.8 Å². The molecule has 8 heteroatoms. The summed E-state index contributed by atoms with van der Waals surface area (Å²) < 4.78 is 19.0. The van der Waals surface area contributed by atoms with Gasteiger partial charge in [0.15, 0.2) is 0 Å². The zero-order chi connectivity index (χ0) is 21.0. The summed E-state index contributed by atoms with van der Waals surface area (Å²) in [6, 6.07) is 6.24. The predicted molar refractivity (Wildman–Crippen MR) is 104 cm³/mol. The number of aryl methyl sites for hydroxylation is 1. The Morgan fingerprint density at radius 2 is 2.10 bits per heavy atom. The number of aromatic nitrogens is 1. The quantitative estimate of drug-likeness (QED) is 0.798. The van der Waals surface area contributed by atoms with Gasteiger partial charge in [-0.2, -0.15) is 0 Å². The molecule has 2 amide bonds. The van der Waals surface area contributed by atoms with Gasteiger partial charge >= 0.3 is 0 Å². The van der Waals surface area contributed by atoms with Crippen LogP contribution in [0.15, 0.2) is 35.1 Å². The molecule has 1 saturated heterocycles. The molecular weight excluding hydrogens is 377 g/mol. The summed E-state index contributed by atoms with van der Waals surface area (Å²) in [5.41, 5.74) is 1.30. The minimum Gasteiger partial charge on any atom is -0.389 e. The highest BCUT2D eigenvalue weighted by Crippen LogP contribution is 2.26. The van der Waals surface area contributed by atoms with Crippen molar-refractivity contribution in [2.45, 2.75) is 32.8 Å². The lowest BCUT2D eigenvalue weighted by molar-refractivity contribution is -0.138. The topological polar surface area (TPSA) is 86.9 Å². The summed E-state index contributed by atoms with van der Waals surface area (Å²) in [5, 5.41) is 14.1. The molecular formula is C21H26FN3O4. The first kappa shape index (κ1) is 21.0. The second kappa shape index (κ2) is 9.17. The van der Waals surface area contributed by atoms with Crippen molar-refractivity contribution >= 4 is 11.8 Å². The van der Waals surface area contributed by atoms with Crippen LogP contribution in [0.2, 0.25) is 0 Å². The lowest BCUT2D eigenvalue weighted by atomic mass is 10.0. The van der Waals surface area contributed by atoms with Crippen LogP contribution in [0.1, 0.15) is 25.8 Å². The molecule has 1 aromatic carbocycles. The Balaban J connectivity index is 1.65. The molecule has 2 heterocycles. The van der Waals surface area contributed by atoms with Crippen LogP contribution < -0.4 is 0 Å². The molecule has 0 spiro atoms. The minimum absolute atomic E-state index is 0.0492. The Bertz CT molecular complexity index is 867. The molecule has 1 N–H and O–H groups in total. The van der Waals surface area contributed by atoms with Crippen molar-refractivity contribution in [2.75, 3.05) is 26.2 Å². The number of aliphatic hydroxyl groups is 1. The highest BCUT2D eigenvalue weighted by Gasteiger charge is 2.29. The molecule has 29 heavy (non-hydrogen) atoms. The molecule has 0 bridgehead atoms. The van der Waals surface area contributed by atoms with Gasteiger partial charge in [-0.05, 0) is 24.5 Å². The maximum Gasteiger partial charge on any atom is 0.242 e. The first-order valence-corrected chi connectivity index (χ1v) is 9.77. The number of hydrogen-bond donors (Lipinski definition) is 1. The lowest BCUT2D eigenvalue weighted by Gasteiger charge is -2.23. The number of hydrogen-bond acceptors (Lipinski definition) is 5. The molecule has 2 aromatic rings.